The number of ether oxygens (including phenoxy) is 1. The van der Waals surface area contributed by atoms with E-state index in [0.29, 0.717) is 24.5 Å². The van der Waals surface area contributed by atoms with Gasteiger partial charge in [-0.3, -0.25) is 0 Å². The molecule has 0 bridgehead atoms. The van der Waals surface area contributed by atoms with Crippen molar-refractivity contribution >= 4 is 5.84 Å². The fraction of sp³-hybridized carbons (Fsp3) is 0.200. The number of nitrogens with two attached hydrogens (primary N) is 1. The first-order valence-corrected chi connectivity index (χ1v) is 6.50. The predicted molar refractivity (Wildman–Crippen MR) is 80.3 cm³/mol. The highest BCUT2D eigenvalue weighted by atomic mass is 16.5. The summed E-state index contributed by atoms with van der Waals surface area (Å²) in [5.74, 6) is 0.738. The lowest BCUT2D eigenvalue weighted by Gasteiger charge is -2.08. The molecule has 2 rings (SSSR count). The van der Waals surface area contributed by atoms with Crippen LogP contribution in [0.2, 0.25) is 0 Å². The van der Waals surface area contributed by atoms with Crippen molar-refractivity contribution in [3.05, 3.63) is 59.3 Å². The Morgan fingerprint density at radius 3 is 2.71 bits per heavy atom. The lowest BCUT2D eigenvalue weighted by molar-refractivity contribution is 0.318. The molecule has 6 nitrogen and oxygen atoms in total. The van der Waals surface area contributed by atoms with Crippen LogP contribution in [0.3, 0.4) is 0 Å². The summed E-state index contributed by atoms with van der Waals surface area (Å²) >= 11 is 0. The van der Waals surface area contributed by atoms with Crippen LogP contribution in [0, 0.1) is 0 Å². The number of oxime groups is 1. The fourth-order valence-electron chi connectivity index (χ4n) is 1.94. The highest BCUT2D eigenvalue weighted by Gasteiger charge is 2.03. The van der Waals surface area contributed by atoms with Crippen molar-refractivity contribution in [2.45, 2.75) is 13.1 Å². The maximum Gasteiger partial charge on any atom is 0.217 e. The molecule has 6 heteroatoms. The van der Waals surface area contributed by atoms with Crippen molar-refractivity contribution in [1.29, 1.82) is 0 Å². The highest BCUT2D eigenvalue weighted by molar-refractivity contribution is 5.96. The zero-order valence-electron chi connectivity index (χ0n) is 11.8. The topological polar surface area (TPSA) is 92.8 Å². The minimum absolute atomic E-state index is 0.106. The van der Waals surface area contributed by atoms with Crippen molar-refractivity contribution in [3.8, 4) is 5.88 Å². The summed E-state index contributed by atoms with van der Waals surface area (Å²) in [4.78, 5) is 4.15. The SMILES string of the molecule is COc1ncccc1CNCc1ccc(C(N)=NO)cc1. The predicted octanol–water partition coefficient (Wildman–Crippen LogP) is 1.47. The molecule has 0 aliphatic heterocycles. The van der Waals surface area contributed by atoms with E-state index in [1.54, 1.807) is 13.3 Å². The number of methoxy groups -OCH3 is 1. The highest BCUT2D eigenvalue weighted by Crippen LogP contribution is 2.13. The van der Waals surface area contributed by atoms with Crippen LogP contribution in [0.15, 0.2) is 47.8 Å². The molecule has 0 atom stereocenters. The average Bonchev–Trinajstić information content (AvgIpc) is 2.55. The fourth-order valence-corrected chi connectivity index (χ4v) is 1.94. The van der Waals surface area contributed by atoms with Gasteiger partial charge in [-0.2, -0.15) is 0 Å². The Balaban J connectivity index is 1.91. The molecule has 0 unspecified atom stereocenters. The minimum Gasteiger partial charge on any atom is -0.481 e. The third-order valence-electron chi connectivity index (χ3n) is 3.05. The van der Waals surface area contributed by atoms with Crippen molar-refractivity contribution < 1.29 is 9.94 Å². The largest absolute Gasteiger partial charge is 0.481 e. The average molecular weight is 286 g/mol. The van der Waals surface area contributed by atoms with Gasteiger partial charge in [-0.15, -0.1) is 0 Å². The first kappa shape index (κ1) is 14.8. The van der Waals surface area contributed by atoms with Gasteiger partial charge in [0.2, 0.25) is 5.88 Å². The Hall–Kier alpha value is -2.60. The number of hydrogen-bond donors (Lipinski definition) is 3. The van der Waals surface area contributed by atoms with Gasteiger partial charge in [0.1, 0.15) is 0 Å². The molecule has 2 aromatic rings. The lowest BCUT2D eigenvalue weighted by atomic mass is 10.1. The first-order valence-electron chi connectivity index (χ1n) is 6.50. The number of aromatic nitrogens is 1. The maximum absolute atomic E-state index is 8.61. The number of nitrogens with zero attached hydrogens (tertiary/aromatic N) is 2. The van der Waals surface area contributed by atoms with Crippen molar-refractivity contribution in [2.75, 3.05) is 7.11 Å². The zero-order valence-corrected chi connectivity index (χ0v) is 11.8. The third-order valence-corrected chi connectivity index (χ3v) is 3.05. The Morgan fingerprint density at radius 1 is 1.29 bits per heavy atom. The third kappa shape index (κ3) is 3.93. The quantitative estimate of drug-likeness (QED) is 0.324. The van der Waals surface area contributed by atoms with E-state index < -0.39 is 0 Å². The Morgan fingerprint density at radius 2 is 2.05 bits per heavy atom. The summed E-state index contributed by atoms with van der Waals surface area (Å²) in [6, 6.07) is 11.3. The normalized spacial score (nSPS) is 11.4. The Bertz CT molecular complexity index is 611. The second-order valence-corrected chi connectivity index (χ2v) is 4.46. The van der Waals surface area contributed by atoms with E-state index >= 15 is 0 Å². The number of benzene rings is 1. The van der Waals surface area contributed by atoms with Crippen LogP contribution in [0.5, 0.6) is 5.88 Å². The minimum atomic E-state index is 0.106. The molecule has 0 aliphatic rings. The molecule has 0 amide bonds. The summed E-state index contributed by atoms with van der Waals surface area (Å²) in [6.07, 6.45) is 1.70. The summed E-state index contributed by atoms with van der Waals surface area (Å²) in [7, 11) is 1.61. The van der Waals surface area contributed by atoms with E-state index in [1.807, 2.05) is 36.4 Å². The number of pyridine rings is 1. The maximum atomic E-state index is 8.61. The smallest absolute Gasteiger partial charge is 0.217 e. The summed E-state index contributed by atoms with van der Waals surface area (Å²) in [6.45, 7) is 1.37. The molecule has 0 spiro atoms. The lowest BCUT2D eigenvalue weighted by Crippen LogP contribution is -2.15. The number of hydrogen-bond acceptors (Lipinski definition) is 5. The summed E-state index contributed by atoms with van der Waals surface area (Å²) in [5, 5.41) is 14.9. The first-order chi connectivity index (χ1) is 10.2. The zero-order chi connectivity index (χ0) is 15.1. The molecule has 0 fully saturated rings. The van der Waals surface area contributed by atoms with Crippen LogP contribution < -0.4 is 15.8 Å². The van der Waals surface area contributed by atoms with E-state index in [9.17, 15) is 0 Å². The van der Waals surface area contributed by atoms with Gasteiger partial charge < -0.3 is 21.0 Å². The molecule has 1 heterocycles. The van der Waals surface area contributed by atoms with Crippen LogP contribution in [0.1, 0.15) is 16.7 Å². The van der Waals surface area contributed by atoms with E-state index in [1.165, 1.54) is 0 Å². The van der Waals surface area contributed by atoms with Crippen LogP contribution in [0.4, 0.5) is 0 Å². The van der Waals surface area contributed by atoms with Crippen molar-refractivity contribution in [1.82, 2.24) is 10.3 Å². The van der Waals surface area contributed by atoms with Crippen LogP contribution in [-0.4, -0.2) is 23.1 Å². The molecular formula is C15H18N4O2. The van der Waals surface area contributed by atoms with Crippen molar-refractivity contribution in [3.63, 3.8) is 0 Å². The molecule has 1 aromatic heterocycles. The van der Waals surface area contributed by atoms with E-state index in [-0.39, 0.29) is 5.84 Å². The number of amidine groups is 1. The van der Waals surface area contributed by atoms with Gasteiger partial charge in [0.15, 0.2) is 5.84 Å². The molecule has 4 N–H and O–H groups in total. The number of nitrogens with one attached hydrogen (secondary N) is 1. The van der Waals surface area contributed by atoms with Crippen LogP contribution >= 0.6 is 0 Å². The van der Waals surface area contributed by atoms with Crippen LogP contribution in [0.25, 0.3) is 0 Å². The van der Waals surface area contributed by atoms with E-state index in [4.69, 9.17) is 15.7 Å². The van der Waals surface area contributed by atoms with Gasteiger partial charge in [0.25, 0.3) is 0 Å². The molecule has 0 saturated heterocycles. The summed E-state index contributed by atoms with van der Waals surface area (Å²) in [5.41, 5.74) is 8.32. The number of rotatable bonds is 6. The van der Waals surface area contributed by atoms with Crippen molar-refractivity contribution in [2.24, 2.45) is 10.9 Å². The van der Waals surface area contributed by atoms with Crippen LogP contribution in [-0.2, 0) is 13.1 Å². The van der Waals surface area contributed by atoms with Gasteiger partial charge >= 0.3 is 0 Å². The molecule has 0 saturated carbocycles. The standard InChI is InChI=1S/C15H18N4O2/c1-21-15-13(3-2-8-18-15)10-17-9-11-4-6-12(7-5-11)14(16)19-20/h2-8,17,20H,9-10H2,1H3,(H2,16,19). The van der Waals surface area contributed by atoms with E-state index in [2.05, 4.69) is 15.5 Å². The Labute approximate surface area is 123 Å². The molecule has 21 heavy (non-hydrogen) atoms. The second-order valence-electron chi connectivity index (χ2n) is 4.46. The van der Waals surface area contributed by atoms with Gasteiger partial charge in [0.05, 0.1) is 7.11 Å². The van der Waals surface area contributed by atoms with Gasteiger partial charge in [-0.05, 0) is 11.6 Å². The molecule has 0 aliphatic carbocycles. The molecule has 1 aromatic carbocycles. The molecule has 110 valence electrons. The Kier molecular flexibility index (Phi) is 5.11. The van der Waals surface area contributed by atoms with Gasteiger partial charge in [-0.1, -0.05) is 35.5 Å². The molecular weight excluding hydrogens is 268 g/mol. The molecule has 0 radical (unpaired) electrons. The van der Waals surface area contributed by atoms with E-state index in [0.717, 1.165) is 11.1 Å². The van der Waals surface area contributed by atoms with Gasteiger partial charge in [-0.25, -0.2) is 4.98 Å². The summed E-state index contributed by atoms with van der Waals surface area (Å²) < 4.78 is 5.20. The van der Waals surface area contributed by atoms with Gasteiger partial charge in [0, 0.05) is 30.4 Å². The second kappa shape index (κ2) is 7.25. The monoisotopic (exact) mass is 286 g/mol.